The summed E-state index contributed by atoms with van der Waals surface area (Å²) in [5.74, 6) is -2.85. The highest BCUT2D eigenvalue weighted by Crippen LogP contribution is 2.39. The molecule has 1 aliphatic heterocycles. The smallest absolute Gasteiger partial charge is 0.416 e. The fourth-order valence-electron chi connectivity index (χ4n) is 2.64. The summed E-state index contributed by atoms with van der Waals surface area (Å²) < 4.78 is 44.3. The van der Waals surface area contributed by atoms with Gasteiger partial charge in [0.1, 0.15) is 0 Å². The lowest BCUT2D eigenvalue weighted by atomic mass is 9.81. The second-order valence-corrected chi connectivity index (χ2v) is 4.88. The molecule has 2 unspecified atom stereocenters. The maximum atomic E-state index is 13.0. The van der Waals surface area contributed by atoms with Crippen LogP contribution in [0.25, 0.3) is 0 Å². The molecule has 20 heavy (non-hydrogen) atoms. The molecule has 1 fully saturated rings. The summed E-state index contributed by atoms with van der Waals surface area (Å²) in [6, 6.07) is 4.87. The Kier molecular flexibility index (Phi) is 4.32. The summed E-state index contributed by atoms with van der Waals surface area (Å²) in [6.45, 7) is 0.715. The highest BCUT2D eigenvalue weighted by molar-refractivity contribution is 5.77. The number of benzene rings is 1. The Labute approximate surface area is 114 Å². The zero-order chi connectivity index (χ0) is 14.8. The number of carbonyl (C=O) groups is 1. The minimum atomic E-state index is -4.56. The number of hydrogen-bond acceptors (Lipinski definition) is 2. The Morgan fingerprint density at radius 3 is 2.60 bits per heavy atom. The molecule has 0 bridgehead atoms. The van der Waals surface area contributed by atoms with Crippen molar-refractivity contribution in [2.24, 2.45) is 5.92 Å². The van der Waals surface area contributed by atoms with Crippen LogP contribution in [0.3, 0.4) is 0 Å². The van der Waals surface area contributed by atoms with Crippen LogP contribution >= 0.6 is 0 Å². The van der Waals surface area contributed by atoms with Crippen molar-refractivity contribution in [1.82, 2.24) is 0 Å². The first kappa shape index (κ1) is 14.8. The Hall–Kier alpha value is -1.56. The SMILES string of the molecule is O=C(O)C(c1ccccc1C(F)(F)F)C1CCCOC1. The molecule has 0 aliphatic carbocycles. The Balaban J connectivity index is 2.42. The second-order valence-electron chi connectivity index (χ2n) is 4.88. The molecule has 2 rings (SSSR count). The molecule has 1 aromatic carbocycles. The molecule has 0 radical (unpaired) electrons. The average Bonchev–Trinajstić information content (AvgIpc) is 2.39. The Morgan fingerprint density at radius 1 is 1.35 bits per heavy atom. The third-order valence-corrected chi connectivity index (χ3v) is 3.53. The monoisotopic (exact) mass is 288 g/mol. The first-order chi connectivity index (χ1) is 9.41. The van der Waals surface area contributed by atoms with Crippen LogP contribution in [0.15, 0.2) is 24.3 Å². The van der Waals surface area contributed by atoms with E-state index in [1.807, 2.05) is 0 Å². The number of aliphatic carboxylic acids is 1. The van der Waals surface area contributed by atoms with Gasteiger partial charge >= 0.3 is 12.1 Å². The number of alkyl halides is 3. The van der Waals surface area contributed by atoms with Crippen molar-refractivity contribution in [3.05, 3.63) is 35.4 Å². The number of hydrogen-bond donors (Lipinski definition) is 1. The molecule has 0 saturated carbocycles. The van der Waals surface area contributed by atoms with E-state index in [0.29, 0.717) is 19.4 Å². The normalized spacial score (nSPS) is 21.4. The van der Waals surface area contributed by atoms with Crippen LogP contribution in [0.5, 0.6) is 0 Å². The maximum Gasteiger partial charge on any atom is 0.416 e. The zero-order valence-electron chi connectivity index (χ0n) is 10.7. The fraction of sp³-hybridized carbons (Fsp3) is 0.500. The number of halogens is 3. The van der Waals surface area contributed by atoms with Gasteiger partial charge in [0, 0.05) is 6.61 Å². The molecule has 1 aromatic rings. The van der Waals surface area contributed by atoms with Gasteiger partial charge in [0.05, 0.1) is 18.1 Å². The van der Waals surface area contributed by atoms with Crippen LogP contribution in [0, 0.1) is 5.92 Å². The van der Waals surface area contributed by atoms with Crippen LogP contribution in [-0.4, -0.2) is 24.3 Å². The molecular formula is C14H15F3O3. The van der Waals surface area contributed by atoms with E-state index in [-0.39, 0.29) is 12.2 Å². The van der Waals surface area contributed by atoms with E-state index >= 15 is 0 Å². The lowest BCUT2D eigenvalue weighted by Gasteiger charge is -2.29. The minimum absolute atomic E-state index is 0.178. The van der Waals surface area contributed by atoms with Crippen molar-refractivity contribution in [1.29, 1.82) is 0 Å². The summed E-state index contributed by atoms with van der Waals surface area (Å²) in [4.78, 5) is 11.5. The standard InChI is InChI=1S/C14H15F3O3/c15-14(16,17)11-6-2-1-5-10(11)12(13(18)19)9-4-3-7-20-8-9/h1-2,5-6,9,12H,3-4,7-8H2,(H,18,19). The van der Waals surface area contributed by atoms with E-state index in [9.17, 15) is 23.1 Å². The van der Waals surface area contributed by atoms with Crippen molar-refractivity contribution in [3.8, 4) is 0 Å². The van der Waals surface area contributed by atoms with E-state index in [1.165, 1.54) is 18.2 Å². The molecule has 1 heterocycles. The van der Waals surface area contributed by atoms with E-state index in [1.54, 1.807) is 0 Å². The summed E-state index contributed by atoms with van der Waals surface area (Å²) in [6.07, 6.45) is -3.33. The summed E-state index contributed by atoms with van der Waals surface area (Å²) >= 11 is 0. The number of rotatable bonds is 3. The third kappa shape index (κ3) is 3.12. The first-order valence-corrected chi connectivity index (χ1v) is 6.38. The predicted octanol–water partition coefficient (Wildman–Crippen LogP) is 3.30. The minimum Gasteiger partial charge on any atom is -0.481 e. The largest absolute Gasteiger partial charge is 0.481 e. The van der Waals surface area contributed by atoms with Gasteiger partial charge in [-0.25, -0.2) is 0 Å². The van der Waals surface area contributed by atoms with Crippen LogP contribution in [0.4, 0.5) is 13.2 Å². The predicted molar refractivity (Wildman–Crippen MR) is 65.4 cm³/mol. The van der Waals surface area contributed by atoms with Crippen molar-refractivity contribution >= 4 is 5.97 Å². The Bertz CT molecular complexity index is 479. The molecule has 6 heteroatoms. The van der Waals surface area contributed by atoms with Gasteiger partial charge in [-0.2, -0.15) is 13.2 Å². The highest BCUT2D eigenvalue weighted by Gasteiger charge is 2.40. The van der Waals surface area contributed by atoms with Crippen molar-refractivity contribution in [2.45, 2.75) is 24.9 Å². The zero-order valence-corrected chi connectivity index (χ0v) is 10.7. The van der Waals surface area contributed by atoms with Gasteiger partial charge in [0.2, 0.25) is 0 Å². The number of ether oxygens (including phenoxy) is 1. The first-order valence-electron chi connectivity index (χ1n) is 6.38. The highest BCUT2D eigenvalue weighted by atomic mass is 19.4. The molecule has 3 nitrogen and oxygen atoms in total. The third-order valence-electron chi connectivity index (χ3n) is 3.53. The van der Waals surface area contributed by atoms with Gasteiger partial charge in [0.15, 0.2) is 0 Å². The van der Waals surface area contributed by atoms with E-state index in [4.69, 9.17) is 4.74 Å². The molecule has 1 N–H and O–H groups in total. The van der Waals surface area contributed by atoms with Crippen LogP contribution < -0.4 is 0 Å². The summed E-state index contributed by atoms with van der Waals surface area (Å²) in [5.41, 5.74) is -1.05. The van der Waals surface area contributed by atoms with Gasteiger partial charge in [0.25, 0.3) is 0 Å². The van der Waals surface area contributed by atoms with Crippen LogP contribution in [0.1, 0.15) is 29.9 Å². The topological polar surface area (TPSA) is 46.5 Å². The molecule has 0 spiro atoms. The van der Waals surface area contributed by atoms with E-state index < -0.39 is 29.5 Å². The number of carboxylic acid groups (broad SMARTS) is 1. The molecule has 1 aliphatic rings. The van der Waals surface area contributed by atoms with E-state index in [0.717, 1.165) is 6.07 Å². The lowest BCUT2D eigenvalue weighted by Crippen LogP contribution is -2.30. The van der Waals surface area contributed by atoms with Crippen molar-refractivity contribution in [2.75, 3.05) is 13.2 Å². The molecule has 2 atom stereocenters. The van der Waals surface area contributed by atoms with Crippen LogP contribution in [-0.2, 0) is 15.7 Å². The van der Waals surface area contributed by atoms with Gasteiger partial charge < -0.3 is 9.84 Å². The maximum absolute atomic E-state index is 13.0. The van der Waals surface area contributed by atoms with Gasteiger partial charge in [-0.3, -0.25) is 4.79 Å². The van der Waals surface area contributed by atoms with Crippen molar-refractivity contribution in [3.63, 3.8) is 0 Å². The summed E-state index contributed by atoms with van der Waals surface area (Å²) in [5, 5.41) is 9.35. The summed E-state index contributed by atoms with van der Waals surface area (Å²) in [7, 11) is 0. The van der Waals surface area contributed by atoms with Gasteiger partial charge in [-0.15, -0.1) is 0 Å². The van der Waals surface area contributed by atoms with E-state index in [2.05, 4.69) is 0 Å². The Morgan fingerprint density at radius 2 is 2.05 bits per heavy atom. The molecule has 1 saturated heterocycles. The van der Waals surface area contributed by atoms with Crippen LogP contribution in [0.2, 0.25) is 0 Å². The molecule has 110 valence electrons. The van der Waals surface area contributed by atoms with Crippen molar-refractivity contribution < 1.29 is 27.8 Å². The molecule has 0 amide bonds. The second kappa shape index (κ2) is 5.83. The molecular weight excluding hydrogens is 273 g/mol. The van der Waals surface area contributed by atoms with Gasteiger partial charge in [-0.1, -0.05) is 18.2 Å². The fourth-order valence-corrected chi connectivity index (χ4v) is 2.64. The lowest BCUT2D eigenvalue weighted by molar-refractivity contribution is -0.144. The molecule has 0 aromatic heterocycles. The quantitative estimate of drug-likeness (QED) is 0.928. The average molecular weight is 288 g/mol. The van der Waals surface area contributed by atoms with Gasteiger partial charge in [-0.05, 0) is 30.4 Å². The number of carboxylic acids is 1.